The second-order valence-electron chi connectivity index (χ2n) is 11.0. The third-order valence-electron chi connectivity index (χ3n) is 7.17. The highest BCUT2D eigenvalue weighted by molar-refractivity contribution is 6.07. The third-order valence-corrected chi connectivity index (χ3v) is 7.17. The summed E-state index contributed by atoms with van der Waals surface area (Å²) in [5.74, 6) is -0.566. The minimum absolute atomic E-state index is 0.0375. The molecular formula is C39H53N3O4. The Morgan fingerprint density at radius 3 is 1.87 bits per heavy atom. The number of carbonyl (C=O) groups is 3. The quantitative estimate of drug-likeness (QED) is 0.0891. The number of hydrogen-bond donors (Lipinski definition) is 3. The minimum Gasteiger partial charge on any atom is -0.469 e. The summed E-state index contributed by atoms with van der Waals surface area (Å²) < 4.78 is 5.76. The van der Waals surface area contributed by atoms with E-state index in [2.05, 4.69) is 95.8 Å². The van der Waals surface area contributed by atoms with Crippen LogP contribution in [0.5, 0.6) is 0 Å². The molecule has 0 radical (unpaired) electrons. The maximum absolute atomic E-state index is 12.5. The van der Waals surface area contributed by atoms with E-state index >= 15 is 0 Å². The van der Waals surface area contributed by atoms with Crippen molar-refractivity contribution in [3.8, 4) is 0 Å². The van der Waals surface area contributed by atoms with Gasteiger partial charge in [0, 0.05) is 37.7 Å². The monoisotopic (exact) mass is 627 g/mol. The van der Waals surface area contributed by atoms with Crippen LogP contribution in [0.2, 0.25) is 0 Å². The van der Waals surface area contributed by atoms with E-state index in [9.17, 15) is 14.4 Å². The second kappa shape index (κ2) is 24.1. The molecule has 1 atom stereocenters. The SMILES string of the molecule is CCC=CCC=CCC=CCC=CCC=CCC=CCCC(=O)NCCNCCCNC(=O)C1=CC(=O)C(C)(c2ccccc2)O1. The molecule has 0 aromatic heterocycles. The number of ether oxygens (including phenoxy) is 1. The molecule has 1 heterocycles. The number of nitrogens with one attached hydrogen (secondary N) is 3. The van der Waals surface area contributed by atoms with E-state index in [1.807, 2.05) is 30.3 Å². The van der Waals surface area contributed by atoms with Gasteiger partial charge in [0.25, 0.3) is 5.91 Å². The van der Waals surface area contributed by atoms with Crippen LogP contribution >= 0.6 is 0 Å². The van der Waals surface area contributed by atoms with Crippen molar-refractivity contribution >= 4 is 17.6 Å². The summed E-state index contributed by atoms with van der Waals surface area (Å²) in [5, 5.41) is 8.97. The molecule has 46 heavy (non-hydrogen) atoms. The van der Waals surface area contributed by atoms with Crippen LogP contribution in [0.25, 0.3) is 0 Å². The predicted molar refractivity (Wildman–Crippen MR) is 189 cm³/mol. The lowest BCUT2D eigenvalue weighted by atomic mass is 9.92. The van der Waals surface area contributed by atoms with Crippen LogP contribution in [0, 0.1) is 0 Å². The summed E-state index contributed by atoms with van der Waals surface area (Å²) in [6, 6.07) is 9.16. The fourth-order valence-corrected chi connectivity index (χ4v) is 4.49. The predicted octanol–water partition coefficient (Wildman–Crippen LogP) is 7.08. The summed E-state index contributed by atoms with van der Waals surface area (Å²) in [4.78, 5) is 37.0. The number of rotatable bonds is 23. The van der Waals surface area contributed by atoms with Gasteiger partial charge in [0.05, 0.1) is 0 Å². The van der Waals surface area contributed by atoms with Gasteiger partial charge in [-0.2, -0.15) is 0 Å². The van der Waals surface area contributed by atoms with E-state index in [4.69, 9.17) is 4.74 Å². The summed E-state index contributed by atoms with van der Waals surface area (Å²) in [6.45, 7) is 6.16. The van der Waals surface area contributed by atoms with E-state index in [-0.39, 0.29) is 17.4 Å². The molecule has 1 aliphatic rings. The van der Waals surface area contributed by atoms with Gasteiger partial charge in [-0.15, -0.1) is 0 Å². The van der Waals surface area contributed by atoms with Crippen molar-refractivity contribution < 1.29 is 19.1 Å². The fourth-order valence-electron chi connectivity index (χ4n) is 4.49. The largest absolute Gasteiger partial charge is 0.469 e. The Bertz CT molecular complexity index is 1260. The van der Waals surface area contributed by atoms with E-state index in [0.717, 1.165) is 44.9 Å². The lowest BCUT2D eigenvalue weighted by Crippen LogP contribution is -2.34. The van der Waals surface area contributed by atoms with Crippen molar-refractivity contribution in [2.24, 2.45) is 0 Å². The van der Waals surface area contributed by atoms with Crippen LogP contribution in [-0.4, -0.2) is 43.8 Å². The first-order valence-electron chi connectivity index (χ1n) is 16.6. The molecule has 0 fully saturated rings. The van der Waals surface area contributed by atoms with Crippen LogP contribution in [-0.2, 0) is 24.7 Å². The van der Waals surface area contributed by atoms with Crippen molar-refractivity contribution in [3.63, 3.8) is 0 Å². The number of hydrogen-bond acceptors (Lipinski definition) is 5. The highest BCUT2D eigenvalue weighted by atomic mass is 16.5. The van der Waals surface area contributed by atoms with Crippen LogP contribution in [0.1, 0.15) is 77.2 Å². The number of ketones is 1. The molecule has 1 unspecified atom stereocenters. The maximum atomic E-state index is 12.5. The van der Waals surface area contributed by atoms with Gasteiger partial charge in [0.15, 0.2) is 11.4 Å². The summed E-state index contributed by atoms with van der Waals surface area (Å²) in [6.07, 6.45) is 35.1. The topological polar surface area (TPSA) is 96.5 Å². The van der Waals surface area contributed by atoms with Gasteiger partial charge < -0.3 is 20.7 Å². The Labute approximate surface area is 276 Å². The Morgan fingerprint density at radius 1 is 0.717 bits per heavy atom. The number of carbonyl (C=O) groups excluding carboxylic acids is 3. The van der Waals surface area contributed by atoms with Crippen LogP contribution in [0.15, 0.2) is 115 Å². The van der Waals surface area contributed by atoms with Gasteiger partial charge in [0.1, 0.15) is 0 Å². The van der Waals surface area contributed by atoms with Gasteiger partial charge in [-0.25, -0.2) is 0 Å². The Kier molecular flexibility index (Phi) is 19.9. The smallest absolute Gasteiger partial charge is 0.286 e. The lowest BCUT2D eigenvalue weighted by Gasteiger charge is -2.24. The molecule has 2 rings (SSSR count). The average molecular weight is 628 g/mol. The summed E-state index contributed by atoms with van der Waals surface area (Å²) >= 11 is 0. The highest BCUT2D eigenvalue weighted by Gasteiger charge is 2.43. The van der Waals surface area contributed by atoms with E-state index in [0.29, 0.717) is 44.6 Å². The normalized spacial score (nSPS) is 16.9. The van der Waals surface area contributed by atoms with E-state index in [1.54, 1.807) is 6.92 Å². The molecule has 1 aromatic carbocycles. The lowest BCUT2D eigenvalue weighted by molar-refractivity contribution is -0.132. The number of amides is 2. The zero-order chi connectivity index (χ0) is 33.1. The Balaban J connectivity index is 1.40. The van der Waals surface area contributed by atoms with Crippen LogP contribution in [0.3, 0.4) is 0 Å². The average Bonchev–Trinajstić information content (AvgIpc) is 3.38. The van der Waals surface area contributed by atoms with E-state index in [1.165, 1.54) is 6.08 Å². The first-order valence-corrected chi connectivity index (χ1v) is 16.6. The first-order chi connectivity index (χ1) is 22.5. The Hall–Kier alpha value is -4.23. The molecule has 0 aliphatic carbocycles. The molecule has 7 nitrogen and oxygen atoms in total. The van der Waals surface area contributed by atoms with Gasteiger partial charge >= 0.3 is 0 Å². The molecule has 2 amide bonds. The number of benzene rings is 1. The zero-order valence-corrected chi connectivity index (χ0v) is 27.7. The fraction of sp³-hybridized carbons (Fsp3) is 0.410. The van der Waals surface area contributed by atoms with Gasteiger partial charge in [-0.1, -0.05) is 110 Å². The molecule has 0 bridgehead atoms. The number of allylic oxidation sites excluding steroid dienone is 12. The third kappa shape index (κ3) is 16.2. The second-order valence-corrected chi connectivity index (χ2v) is 11.0. The van der Waals surface area contributed by atoms with Crippen molar-refractivity contribution in [1.82, 2.24) is 16.0 Å². The molecule has 7 heteroatoms. The van der Waals surface area contributed by atoms with Crippen LogP contribution in [0.4, 0.5) is 0 Å². The summed E-state index contributed by atoms with van der Waals surface area (Å²) in [7, 11) is 0. The molecule has 0 spiro atoms. The van der Waals surface area contributed by atoms with Gasteiger partial charge in [-0.3, -0.25) is 14.4 Å². The van der Waals surface area contributed by atoms with Gasteiger partial charge in [-0.05, 0) is 64.8 Å². The van der Waals surface area contributed by atoms with E-state index < -0.39 is 11.5 Å². The molecule has 0 saturated carbocycles. The zero-order valence-electron chi connectivity index (χ0n) is 27.7. The van der Waals surface area contributed by atoms with Crippen molar-refractivity contribution in [2.75, 3.05) is 26.2 Å². The standard InChI is InChI=1S/C39H53N3O4/c1-3-4-5-6-7-8-9-10-11-12-13-14-15-16-17-18-19-20-24-28-37(44)41-32-31-40-29-25-30-42-38(45)35-33-36(43)39(2,46-35)34-26-22-21-23-27-34/h4-5,7-8,10-11,13-14,16-17,19-23,26-27,33,40H,3,6,9,12,15,18,24-25,28-32H2,1-2H3,(H,41,44)(H,42,45). The first kappa shape index (κ1) is 38.0. The minimum atomic E-state index is -1.17. The maximum Gasteiger partial charge on any atom is 0.286 e. The molecule has 0 saturated heterocycles. The van der Waals surface area contributed by atoms with Crippen molar-refractivity contribution in [1.29, 1.82) is 0 Å². The van der Waals surface area contributed by atoms with Gasteiger partial charge in [0.2, 0.25) is 11.7 Å². The highest BCUT2D eigenvalue weighted by Crippen LogP contribution is 2.34. The molecule has 1 aliphatic heterocycles. The molecular weight excluding hydrogens is 574 g/mol. The van der Waals surface area contributed by atoms with Crippen molar-refractivity contribution in [2.45, 2.75) is 77.2 Å². The Morgan fingerprint density at radius 2 is 1.28 bits per heavy atom. The molecule has 1 aromatic rings. The molecule has 248 valence electrons. The molecule has 3 N–H and O–H groups in total. The van der Waals surface area contributed by atoms with Crippen molar-refractivity contribution in [3.05, 3.63) is 121 Å². The van der Waals surface area contributed by atoms with Crippen LogP contribution < -0.4 is 16.0 Å². The summed E-state index contributed by atoms with van der Waals surface area (Å²) in [5.41, 5.74) is -0.461.